The second kappa shape index (κ2) is 6.23. The Labute approximate surface area is 124 Å². The minimum absolute atomic E-state index is 0.575. The van der Waals surface area contributed by atoms with Crippen LogP contribution in [0.5, 0.6) is 0 Å². The number of aromatic nitrogens is 2. The predicted octanol–water partition coefficient (Wildman–Crippen LogP) is 3.30. The molecule has 100 valence electrons. The summed E-state index contributed by atoms with van der Waals surface area (Å²) in [4.78, 5) is 8.61. The Morgan fingerprint density at radius 2 is 2.00 bits per heavy atom. The number of nitrogen functional groups attached to an aromatic ring is 1. The Bertz CT molecular complexity index is 568. The quantitative estimate of drug-likeness (QED) is 0.343. The Morgan fingerprint density at radius 1 is 1.26 bits per heavy atom. The van der Waals surface area contributed by atoms with E-state index in [1.807, 2.05) is 31.4 Å². The average molecular weight is 340 g/mol. The topological polar surface area (TPSA) is 75.9 Å². The van der Waals surface area contributed by atoms with E-state index in [-0.39, 0.29) is 0 Å². The van der Waals surface area contributed by atoms with Crippen LogP contribution in [0.15, 0.2) is 33.9 Å². The summed E-state index contributed by atoms with van der Waals surface area (Å²) in [6.45, 7) is 2.04. The molecular formula is C12H14BrN5S. The Morgan fingerprint density at radius 3 is 2.68 bits per heavy atom. The minimum atomic E-state index is 0.575. The van der Waals surface area contributed by atoms with Gasteiger partial charge in [-0.2, -0.15) is 0 Å². The number of nitrogens with one attached hydrogen (secondary N) is 2. The molecule has 0 saturated carbocycles. The number of hydrazine groups is 1. The number of halogens is 1. The van der Waals surface area contributed by atoms with Gasteiger partial charge in [0.2, 0.25) is 0 Å². The lowest BCUT2D eigenvalue weighted by Crippen LogP contribution is -2.10. The number of benzene rings is 1. The summed E-state index contributed by atoms with van der Waals surface area (Å²) in [5.74, 6) is 6.67. The summed E-state index contributed by atoms with van der Waals surface area (Å²) in [7, 11) is 0. The Hall–Kier alpha value is -1.31. The van der Waals surface area contributed by atoms with E-state index in [4.69, 9.17) is 5.84 Å². The van der Waals surface area contributed by atoms with E-state index < -0.39 is 0 Å². The van der Waals surface area contributed by atoms with Crippen molar-refractivity contribution in [2.24, 2.45) is 5.84 Å². The lowest BCUT2D eigenvalue weighted by molar-refractivity contribution is 0.971. The largest absolute Gasteiger partial charge is 0.339 e. The Balaban J connectivity index is 2.34. The van der Waals surface area contributed by atoms with Gasteiger partial charge >= 0.3 is 0 Å². The highest BCUT2D eigenvalue weighted by atomic mass is 79.9. The van der Waals surface area contributed by atoms with Crippen LogP contribution in [-0.4, -0.2) is 16.2 Å². The van der Waals surface area contributed by atoms with Crippen LogP contribution in [0.25, 0.3) is 0 Å². The summed E-state index contributed by atoms with van der Waals surface area (Å²) in [5, 5.41) is 3.91. The van der Waals surface area contributed by atoms with Crippen LogP contribution < -0.4 is 16.6 Å². The normalized spacial score (nSPS) is 10.3. The molecule has 0 fully saturated rings. The van der Waals surface area contributed by atoms with Gasteiger partial charge < -0.3 is 10.7 Å². The highest BCUT2D eigenvalue weighted by Crippen LogP contribution is 2.29. The lowest BCUT2D eigenvalue weighted by Gasteiger charge is -2.11. The molecule has 0 atom stereocenters. The van der Waals surface area contributed by atoms with E-state index in [0.29, 0.717) is 16.8 Å². The van der Waals surface area contributed by atoms with E-state index in [1.54, 1.807) is 6.07 Å². The molecule has 0 aliphatic heterocycles. The number of thioether (sulfide) groups is 1. The van der Waals surface area contributed by atoms with Crippen LogP contribution in [-0.2, 0) is 0 Å². The molecule has 4 N–H and O–H groups in total. The first kappa shape index (κ1) is 14.1. The van der Waals surface area contributed by atoms with Crippen molar-refractivity contribution in [3.05, 3.63) is 34.3 Å². The van der Waals surface area contributed by atoms with E-state index in [1.165, 1.54) is 11.8 Å². The van der Waals surface area contributed by atoms with Gasteiger partial charge in [-0.25, -0.2) is 15.8 Å². The first-order valence-electron chi connectivity index (χ1n) is 5.56. The predicted molar refractivity (Wildman–Crippen MR) is 83.8 cm³/mol. The molecule has 0 spiro atoms. The summed E-state index contributed by atoms with van der Waals surface area (Å²) in [6, 6.07) is 7.76. The number of rotatable bonds is 4. The van der Waals surface area contributed by atoms with Crippen LogP contribution in [0.4, 0.5) is 17.3 Å². The van der Waals surface area contributed by atoms with Crippen molar-refractivity contribution in [1.82, 2.24) is 9.97 Å². The first-order chi connectivity index (χ1) is 9.13. The summed E-state index contributed by atoms with van der Waals surface area (Å²) < 4.78 is 1.02. The zero-order valence-electron chi connectivity index (χ0n) is 10.6. The summed E-state index contributed by atoms with van der Waals surface area (Å²) in [5.41, 5.74) is 4.64. The summed E-state index contributed by atoms with van der Waals surface area (Å²) >= 11 is 5.02. The maximum Gasteiger partial charge on any atom is 0.191 e. The van der Waals surface area contributed by atoms with Gasteiger partial charge in [-0.05, 0) is 40.7 Å². The molecular weight excluding hydrogens is 326 g/mol. The molecule has 0 aliphatic carbocycles. The SMILES string of the molecule is CSc1nc(NN)cc(Nc2cccc(C)c2Br)n1. The van der Waals surface area contributed by atoms with E-state index >= 15 is 0 Å². The zero-order valence-corrected chi connectivity index (χ0v) is 13.0. The fourth-order valence-corrected chi connectivity index (χ4v) is 2.28. The maximum absolute atomic E-state index is 5.40. The van der Waals surface area contributed by atoms with Crippen molar-refractivity contribution >= 4 is 45.0 Å². The average Bonchev–Trinajstić information content (AvgIpc) is 2.43. The van der Waals surface area contributed by atoms with Crippen LogP contribution in [0.1, 0.15) is 5.56 Å². The van der Waals surface area contributed by atoms with E-state index in [2.05, 4.69) is 36.6 Å². The van der Waals surface area contributed by atoms with Gasteiger partial charge in [0.05, 0.1) is 5.69 Å². The van der Waals surface area contributed by atoms with Crippen molar-refractivity contribution in [1.29, 1.82) is 0 Å². The highest BCUT2D eigenvalue weighted by Gasteiger charge is 2.06. The van der Waals surface area contributed by atoms with Crippen molar-refractivity contribution in [3.63, 3.8) is 0 Å². The smallest absolute Gasteiger partial charge is 0.191 e. The molecule has 7 heteroatoms. The summed E-state index contributed by atoms with van der Waals surface area (Å²) in [6.07, 6.45) is 1.92. The van der Waals surface area contributed by atoms with Crippen LogP contribution in [0.3, 0.4) is 0 Å². The van der Waals surface area contributed by atoms with Gasteiger partial charge in [0.25, 0.3) is 0 Å². The monoisotopic (exact) mass is 339 g/mol. The van der Waals surface area contributed by atoms with E-state index in [0.717, 1.165) is 15.7 Å². The van der Waals surface area contributed by atoms with Crippen molar-refractivity contribution in [3.8, 4) is 0 Å². The van der Waals surface area contributed by atoms with Crippen molar-refractivity contribution in [2.75, 3.05) is 17.0 Å². The third kappa shape index (κ3) is 3.37. The Kier molecular flexibility index (Phi) is 4.62. The molecule has 0 radical (unpaired) electrons. The van der Waals surface area contributed by atoms with Crippen LogP contribution in [0.2, 0.25) is 0 Å². The van der Waals surface area contributed by atoms with Crippen molar-refractivity contribution < 1.29 is 0 Å². The van der Waals surface area contributed by atoms with Gasteiger partial charge in [0.15, 0.2) is 5.16 Å². The van der Waals surface area contributed by atoms with E-state index in [9.17, 15) is 0 Å². The van der Waals surface area contributed by atoms with Gasteiger partial charge in [-0.15, -0.1) is 0 Å². The molecule has 0 unspecified atom stereocenters. The molecule has 5 nitrogen and oxygen atoms in total. The molecule has 1 aromatic heterocycles. The van der Waals surface area contributed by atoms with Crippen LogP contribution >= 0.6 is 27.7 Å². The number of hydrogen-bond acceptors (Lipinski definition) is 6. The molecule has 0 aliphatic rings. The first-order valence-corrected chi connectivity index (χ1v) is 7.57. The molecule has 1 aromatic carbocycles. The molecule has 0 saturated heterocycles. The minimum Gasteiger partial charge on any atom is -0.339 e. The molecule has 19 heavy (non-hydrogen) atoms. The third-order valence-electron chi connectivity index (χ3n) is 2.49. The standard InChI is InChI=1S/C12H14BrN5S/c1-7-4-3-5-8(11(7)13)15-9-6-10(18-14)17-12(16-9)19-2/h3-6H,14H2,1-2H3,(H2,15,16,17,18). The number of aryl methyl sites for hydroxylation is 1. The number of hydrogen-bond donors (Lipinski definition) is 3. The third-order valence-corrected chi connectivity index (χ3v) is 4.09. The number of nitrogens with zero attached hydrogens (tertiary/aromatic N) is 2. The molecule has 2 rings (SSSR count). The second-order valence-electron chi connectivity index (χ2n) is 3.83. The maximum atomic E-state index is 5.40. The van der Waals surface area contributed by atoms with Gasteiger partial charge in [-0.3, -0.25) is 0 Å². The second-order valence-corrected chi connectivity index (χ2v) is 5.40. The molecule has 0 bridgehead atoms. The fraction of sp³-hybridized carbons (Fsp3) is 0.167. The number of anilines is 3. The van der Waals surface area contributed by atoms with Gasteiger partial charge in [0.1, 0.15) is 11.6 Å². The van der Waals surface area contributed by atoms with Gasteiger partial charge in [0, 0.05) is 10.5 Å². The number of nitrogens with two attached hydrogens (primary N) is 1. The lowest BCUT2D eigenvalue weighted by atomic mass is 10.2. The zero-order chi connectivity index (χ0) is 13.8. The van der Waals surface area contributed by atoms with Gasteiger partial charge in [-0.1, -0.05) is 23.9 Å². The molecule has 0 amide bonds. The van der Waals surface area contributed by atoms with Crippen molar-refractivity contribution in [2.45, 2.75) is 12.1 Å². The fourth-order valence-electron chi connectivity index (χ4n) is 1.54. The van der Waals surface area contributed by atoms with Crippen LogP contribution in [0, 0.1) is 6.92 Å². The molecule has 2 aromatic rings. The highest BCUT2D eigenvalue weighted by molar-refractivity contribution is 9.10. The molecule has 1 heterocycles.